The number of carbonyl (C=O) groups excluding carboxylic acids is 1. The average Bonchev–Trinajstić information content (AvgIpc) is 2.62. The summed E-state index contributed by atoms with van der Waals surface area (Å²) in [6, 6.07) is 0. The number of hydrogen-bond donors (Lipinski definition) is 1. The average molecular weight is 411 g/mol. The highest BCUT2D eigenvalue weighted by Crippen LogP contribution is 2.06. The number of esters is 1. The molecule has 0 aliphatic rings. The quantitative estimate of drug-likeness (QED) is 0.288. The van der Waals surface area contributed by atoms with Gasteiger partial charge in [-0.15, -0.1) is 0 Å². The molecular formula is C20H42O8. The minimum absolute atomic E-state index is 0.0348. The first-order valence-electron chi connectivity index (χ1n) is 10.1. The topological polar surface area (TPSA) is 92.7 Å². The summed E-state index contributed by atoms with van der Waals surface area (Å²) in [4.78, 5) is 11.3. The van der Waals surface area contributed by atoms with Crippen molar-refractivity contribution in [3.63, 3.8) is 0 Å². The molecule has 0 bridgehead atoms. The third-order valence-electron chi connectivity index (χ3n) is 2.69. The van der Waals surface area contributed by atoms with E-state index in [2.05, 4.69) is 13.8 Å². The van der Waals surface area contributed by atoms with Crippen molar-refractivity contribution in [2.75, 3.05) is 72.7 Å². The van der Waals surface area contributed by atoms with Gasteiger partial charge in [0.25, 0.3) is 0 Å². The Balaban J connectivity index is 0. The molecular weight excluding hydrogens is 368 g/mol. The Labute approximate surface area is 170 Å². The molecule has 0 rings (SSSR count). The molecule has 0 aliphatic carbocycles. The van der Waals surface area contributed by atoms with Crippen molar-refractivity contribution in [2.45, 2.75) is 53.1 Å². The summed E-state index contributed by atoms with van der Waals surface area (Å²) in [5.74, 6) is -0.353. The number of aliphatic hydroxyl groups is 1. The molecule has 28 heavy (non-hydrogen) atoms. The van der Waals surface area contributed by atoms with Crippen molar-refractivity contribution in [2.24, 2.45) is 0 Å². The Morgan fingerprint density at radius 3 is 1.46 bits per heavy atom. The molecule has 170 valence electrons. The molecule has 8 heteroatoms. The van der Waals surface area contributed by atoms with Gasteiger partial charge in [0.2, 0.25) is 0 Å². The van der Waals surface area contributed by atoms with E-state index in [0.717, 1.165) is 26.1 Å². The fourth-order valence-corrected chi connectivity index (χ4v) is 1.64. The molecule has 0 heterocycles. The highest BCUT2D eigenvalue weighted by Gasteiger charge is 2.15. The molecule has 0 spiro atoms. The van der Waals surface area contributed by atoms with Crippen LogP contribution in [0.3, 0.4) is 0 Å². The van der Waals surface area contributed by atoms with E-state index in [1.807, 2.05) is 20.8 Å². The van der Waals surface area contributed by atoms with Crippen LogP contribution in [0.1, 0.15) is 47.5 Å². The van der Waals surface area contributed by atoms with Gasteiger partial charge in [-0.3, -0.25) is 0 Å². The predicted octanol–water partition coefficient (Wildman–Crippen LogP) is 2.21. The van der Waals surface area contributed by atoms with Gasteiger partial charge in [-0.25, -0.2) is 4.79 Å². The first kappa shape index (κ1) is 29.4. The third-order valence-corrected chi connectivity index (χ3v) is 2.69. The summed E-state index contributed by atoms with van der Waals surface area (Å²) in [7, 11) is 0. The molecule has 0 saturated heterocycles. The molecule has 0 radical (unpaired) electrons. The molecule has 0 fully saturated rings. The Bertz CT molecular complexity index is 310. The van der Waals surface area contributed by atoms with Crippen LogP contribution in [0.2, 0.25) is 0 Å². The van der Waals surface area contributed by atoms with E-state index in [1.54, 1.807) is 0 Å². The summed E-state index contributed by atoms with van der Waals surface area (Å²) >= 11 is 0. The van der Waals surface area contributed by atoms with Crippen LogP contribution in [-0.4, -0.2) is 89.4 Å². The monoisotopic (exact) mass is 410 g/mol. The molecule has 0 aromatic heterocycles. The van der Waals surface area contributed by atoms with E-state index in [9.17, 15) is 4.79 Å². The molecule has 0 aromatic rings. The second-order valence-corrected chi connectivity index (χ2v) is 6.81. The van der Waals surface area contributed by atoms with Crippen molar-refractivity contribution in [3.05, 3.63) is 0 Å². The lowest BCUT2D eigenvalue weighted by Crippen LogP contribution is -2.27. The molecule has 0 saturated carbocycles. The van der Waals surface area contributed by atoms with E-state index in [0.29, 0.717) is 46.2 Å². The van der Waals surface area contributed by atoms with Crippen LogP contribution in [0.4, 0.5) is 0 Å². The molecule has 0 atom stereocenters. The van der Waals surface area contributed by atoms with Crippen LogP contribution in [0, 0.1) is 0 Å². The Morgan fingerprint density at radius 2 is 1.07 bits per heavy atom. The lowest BCUT2D eigenvalue weighted by atomic mass is 10.2. The normalized spacial score (nSPS) is 11.1. The van der Waals surface area contributed by atoms with Crippen LogP contribution in [0.25, 0.3) is 0 Å². The van der Waals surface area contributed by atoms with E-state index in [4.69, 9.17) is 33.5 Å². The second-order valence-electron chi connectivity index (χ2n) is 6.81. The van der Waals surface area contributed by atoms with Crippen molar-refractivity contribution in [1.82, 2.24) is 0 Å². The maximum atomic E-state index is 11.3. The third kappa shape index (κ3) is 30.0. The van der Waals surface area contributed by atoms with Crippen LogP contribution in [-0.2, 0) is 33.2 Å². The summed E-state index contributed by atoms with van der Waals surface area (Å²) < 4.78 is 30.8. The molecule has 0 amide bonds. The fraction of sp³-hybridized carbons (Fsp3) is 0.950. The van der Waals surface area contributed by atoms with Gasteiger partial charge >= 0.3 is 5.97 Å². The second kappa shape index (κ2) is 22.5. The van der Waals surface area contributed by atoms with Crippen molar-refractivity contribution >= 4 is 5.97 Å². The zero-order valence-electron chi connectivity index (χ0n) is 18.5. The molecule has 0 unspecified atom stereocenters. The van der Waals surface area contributed by atoms with Gasteiger partial charge in [0.15, 0.2) is 0 Å². The zero-order chi connectivity index (χ0) is 21.5. The lowest BCUT2D eigenvalue weighted by Gasteiger charge is -2.19. The van der Waals surface area contributed by atoms with Crippen molar-refractivity contribution in [3.8, 4) is 0 Å². The maximum absolute atomic E-state index is 11.3. The standard InChI is InChI=1S/C13H26O5.C7H16O3/c1-5-6-15-7-8-16-9-10-17-11-12(14)18-13(2,3)4;1-2-4-9-6-7-10-5-3-8/h5-11H2,1-4H3;8H,2-7H2,1H3. The van der Waals surface area contributed by atoms with Gasteiger partial charge in [-0.05, 0) is 33.6 Å². The van der Waals surface area contributed by atoms with Crippen LogP contribution in [0.15, 0.2) is 0 Å². The Hall–Kier alpha value is -0.770. The maximum Gasteiger partial charge on any atom is 0.332 e. The minimum atomic E-state index is -0.465. The summed E-state index contributed by atoms with van der Waals surface area (Å²) in [5, 5.41) is 8.30. The highest BCUT2D eigenvalue weighted by molar-refractivity contribution is 5.71. The van der Waals surface area contributed by atoms with Crippen LogP contribution < -0.4 is 0 Å². The summed E-state index contributed by atoms with van der Waals surface area (Å²) in [6.45, 7) is 14.8. The fourth-order valence-electron chi connectivity index (χ4n) is 1.64. The molecule has 0 aliphatic heterocycles. The SMILES string of the molecule is CCCOCCOCCO.CCCOCCOCCOCC(=O)OC(C)(C)C. The lowest BCUT2D eigenvalue weighted by molar-refractivity contribution is -0.160. The van der Waals surface area contributed by atoms with Gasteiger partial charge in [0.05, 0.1) is 52.9 Å². The zero-order valence-corrected chi connectivity index (χ0v) is 18.5. The van der Waals surface area contributed by atoms with Gasteiger partial charge in [-0.1, -0.05) is 13.8 Å². The number of aliphatic hydroxyl groups excluding tert-OH is 1. The molecule has 8 nitrogen and oxygen atoms in total. The smallest absolute Gasteiger partial charge is 0.332 e. The van der Waals surface area contributed by atoms with Gasteiger partial charge in [0, 0.05) is 13.2 Å². The number of hydrogen-bond acceptors (Lipinski definition) is 8. The van der Waals surface area contributed by atoms with E-state index >= 15 is 0 Å². The van der Waals surface area contributed by atoms with Gasteiger partial charge in [-0.2, -0.15) is 0 Å². The summed E-state index contributed by atoms with van der Waals surface area (Å²) in [6.07, 6.45) is 2.05. The first-order valence-corrected chi connectivity index (χ1v) is 10.1. The predicted molar refractivity (Wildman–Crippen MR) is 108 cm³/mol. The number of carbonyl (C=O) groups is 1. The minimum Gasteiger partial charge on any atom is -0.458 e. The van der Waals surface area contributed by atoms with E-state index in [-0.39, 0.29) is 19.2 Å². The Kier molecular flexibility index (Phi) is 23.7. The van der Waals surface area contributed by atoms with Gasteiger partial charge < -0.3 is 33.5 Å². The van der Waals surface area contributed by atoms with E-state index in [1.165, 1.54) is 0 Å². The first-order chi connectivity index (χ1) is 13.4. The van der Waals surface area contributed by atoms with Crippen LogP contribution in [0.5, 0.6) is 0 Å². The molecule has 1 N–H and O–H groups in total. The Morgan fingerprint density at radius 1 is 0.679 bits per heavy atom. The molecule has 0 aromatic carbocycles. The van der Waals surface area contributed by atoms with Gasteiger partial charge in [0.1, 0.15) is 12.2 Å². The largest absolute Gasteiger partial charge is 0.458 e. The number of rotatable bonds is 17. The number of ether oxygens (including phenoxy) is 6. The van der Waals surface area contributed by atoms with Crippen LogP contribution >= 0.6 is 0 Å². The van der Waals surface area contributed by atoms with Crippen molar-refractivity contribution < 1.29 is 38.3 Å². The van der Waals surface area contributed by atoms with Crippen molar-refractivity contribution in [1.29, 1.82) is 0 Å². The summed E-state index contributed by atoms with van der Waals surface area (Å²) in [5.41, 5.74) is -0.465. The highest BCUT2D eigenvalue weighted by atomic mass is 16.6. The van der Waals surface area contributed by atoms with E-state index < -0.39 is 5.60 Å².